The minimum atomic E-state index is -0.498. The molecule has 1 atom stereocenters. The van der Waals surface area contributed by atoms with Gasteiger partial charge in [-0.15, -0.1) is 0 Å². The van der Waals surface area contributed by atoms with Crippen LogP contribution in [0.1, 0.15) is 35.7 Å². The highest BCUT2D eigenvalue weighted by Gasteiger charge is 2.34. The van der Waals surface area contributed by atoms with Crippen LogP contribution in [0.15, 0.2) is 48.5 Å². The number of halogens is 1. The number of hydrogen-bond donors (Lipinski definition) is 1. The number of hydrogen-bond acceptors (Lipinski definition) is 2. The Bertz CT molecular complexity index is 774. The van der Waals surface area contributed by atoms with E-state index in [0.29, 0.717) is 18.5 Å². The molecule has 0 bridgehead atoms. The summed E-state index contributed by atoms with van der Waals surface area (Å²) in [5.74, 6) is -0.793. The number of benzene rings is 2. The van der Waals surface area contributed by atoms with Crippen molar-refractivity contribution in [1.29, 1.82) is 0 Å². The molecule has 2 amide bonds. The minimum Gasteiger partial charge on any atom is -0.327 e. The summed E-state index contributed by atoms with van der Waals surface area (Å²) < 4.78 is 13.1. The summed E-state index contributed by atoms with van der Waals surface area (Å²) in [6.07, 6.45) is 2.23. The first-order valence-electron chi connectivity index (χ1n) is 8.55. The summed E-state index contributed by atoms with van der Waals surface area (Å²) in [6.45, 7) is 2.56. The van der Waals surface area contributed by atoms with Crippen LogP contribution in [0.2, 0.25) is 0 Å². The molecule has 1 N–H and O–H groups in total. The predicted molar refractivity (Wildman–Crippen MR) is 94.9 cm³/mol. The van der Waals surface area contributed by atoms with Crippen molar-refractivity contribution < 1.29 is 14.0 Å². The molecule has 0 aromatic heterocycles. The first kappa shape index (κ1) is 17.1. The van der Waals surface area contributed by atoms with Gasteiger partial charge in [-0.05, 0) is 55.2 Å². The van der Waals surface area contributed by atoms with Crippen molar-refractivity contribution in [1.82, 2.24) is 4.90 Å². The number of rotatable bonds is 4. The number of carbonyl (C=O) groups excluding carboxylic acids is 2. The van der Waals surface area contributed by atoms with Crippen molar-refractivity contribution >= 4 is 17.5 Å². The molecule has 1 aliphatic rings. The number of nitrogens with zero attached hydrogens (tertiary/aromatic N) is 1. The van der Waals surface area contributed by atoms with E-state index in [2.05, 4.69) is 5.32 Å². The van der Waals surface area contributed by atoms with Gasteiger partial charge in [0, 0.05) is 17.8 Å². The van der Waals surface area contributed by atoms with Crippen molar-refractivity contribution in [3.8, 4) is 0 Å². The molecule has 3 rings (SSSR count). The van der Waals surface area contributed by atoms with Crippen LogP contribution < -0.4 is 5.32 Å². The van der Waals surface area contributed by atoms with Gasteiger partial charge >= 0.3 is 0 Å². The second-order valence-electron chi connectivity index (χ2n) is 6.16. The molecule has 4 nitrogen and oxygen atoms in total. The third kappa shape index (κ3) is 3.71. The number of carbonyl (C=O) groups is 2. The van der Waals surface area contributed by atoms with Gasteiger partial charge in [0.15, 0.2) is 0 Å². The molecular formula is C20H21FN2O2. The average Bonchev–Trinajstić information content (AvgIpc) is 3.12. The minimum absolute atomic E-state index is 0.172. The van der Waals surface area contributed by atoms with Gasteiger partial charge in [0.1, 0.15) is 11.9 Å². The van der Waals surface area contributed by atoms with Crippen LogP contribution in [0.4, 0.5) is 10.1 Å². The van der Waals surface area contributed by atoms with Crippen LogP contribution in [-0.4, -0.2) is 29.3 Å². The van der Waals surface area contributed by atoms with Gasteiger partial charge in [-0.2, -0.15) is 0 Å². The summed E-state index contributed by atoms with van der Waals surface area (Å²) in [6, 6.07) is 12.6. The lowest BCUT2D eigenvalue weighted by Crippen LogP contribution is -2.43. The third-order valence-corrected chi connectivity index (χ3v) is 4.56. The van der Waals surface area contributed by atoms with E-state index in [4.69, 9.17) is 0 Å². The van der Waals surface area contributed by atoms with E-state index >= 15 is 0 Å². The molecule has 130 valence electrons. The maximum absolute atomic E-state index is 13.1. The predicted octanol–water partition coefficient (Wildman–Crippen LogP) is 3.63. The van der Waals surface area contributed by atoms with Crippen molar-refractivity contribution in [2.75, 3.05) is 11.9 Å². The number of aryl methyl sites for hydroxylation is 1. The highest BCUT2D eigenvalue weighted by atomic mass is 19.1. The quantitative estimate of drug-likeness (QED) is 0.924. The number of para-hydroxylation sites is 1. The van der Waals surface area contributed by atoms with E-state index in [-0.39, 0.29) is 17.6 Å². The number of amides is 2. The van der Waals surface area contributed by atoms with Crippen LogP contribution >= 0.6 is 0 Å². The van der Waals surface area contributed by atoms with Gasteiger partial charge < -0.3 is 10.2 Å². The number of anilines is 1. The Morgan fingerprint density at radius 2 is 1.88 bits per heavy atom. The maximum Gasteiger partial charge on any atom is 0.254 e. The van der Waals surface area contributed by atoms with Crippen molar-refractivity contribution in [2.45, 2.75) is 32.2 Å². The molecule has 0 unspecified atom stereocenters. The first-order valence-corrected chi connectivity index (χ1v) is 8.55. The fourth-order valence-corrected chi connectivity index (χ4v) is 3.21. The smallest absolute Gasteiger partial charge is 0.254 e. The molecule has 0 radical (unpaired) electrons. The molecule has 5 heteroatoms. The van der Waals surface area contributed by atoms with E-state index in [0.717, 1.165) is 24.1 Å². The van der Waals surface area contributed by atoms with Crippen molar-refractivity contribution in [3.05, 3.63) is 65.5 Å². The lowest BCUT2D eigenvalue weighted by molar-refractivity contribution is -0.119. The Balaban J connectivity index is 1.75. The molecule has 1 heterocycles. The lowest BCUT2D eigenvalue weighted by atomic mass is 10.1. The van der Waals surface area contributed by atoms with E-state index in [1.54, 1.807) is 4.90 Å². The average molecular weight is 340 g/mol. The van der Waals surface area contributed by atoms with Crippen LogP contribution in [-0.2, 0) is 11.2 Å². The summed E-state index contributed by atoms with van der Waals surface area (Å²) in [5.41, 5.74) is 2.25. The summed E-state index contributed by atoms with van der Waals surface area (Å²) in [5, 5.41) is 2.96. The Hall–Kier alpha value is -2.69. The third-order valence-electron chi connectivity index (χ3n) is 4.56. The Labute approximate surface area is 146 Å². The molecule has 1 saturated heterocycles. The normalized spacial score (nSPS) is 16.7. The molecule has 1 aliphatic heterocycles. The molecule has 25 heavy (non-hydrogen) atoms. The van der Waals surface area contributed by atoms with Gasteiger partial charge in [-0.25, -0.2) is 4.39 Å². The zero-order chi connectivity index (χ0) is 17.8. The summed E-state index contributed by atoms with van der Waals surface area (Å²) >= 11 is 0. The van der Waals surface area contributed by atoms with Gasteiger partial charge in [0.2, 0.25) is 5.91 Å². The van der Waals surface area contributed by atoms with Crippen LogP contribution in [0, 0.1) is 5.82 Å². The first-order chi connectivity index (χ1) is 12.1. The Morgan fingerprint density at radius 3 is 2.60 bits per heavy atom. The Morgan fingerprint density at radius 1 is 1.16 bits per heavy atom. The topological polar surface area (TPSA) is 49.4 Å². The molecule has 0 spiro atoms. The standard InChI is InChI=1S/C20H21FN2O2/c1-2-14-6-3-4-7-17(14)22-19(24)18-8-5-13-23(18)20(25)15-9-11-16(21)12-10-15/h3-4,6-7,9-12,18H,2,5,8,13H2,1H3,(H,22,24)/t18-/m0/s1. The van der Waals surface area contributed by atoms with Crippen molar-refractivity contribution in [2.24, 2.45) is 0 Å². The SMILES string of the molecule is CCc1ccccc1NC(=O)[C@@H]1CCCN1C(=O)c1ccc(F)cc1. The molecule has 0 saturated carbocycles. The van der Waals surface area contributed by atoms with E-state index in [1.165, 1.54) is 24.3 Å². The van der Waals surface area contributed by atoms with Crippen molar-refractivity contribution in [3.63, 3.8) is 0 Å². The number of nitrogens with one attached hydrogen (secondary N) is 1. The molecule has 0 aliphatic carbocycles. The van der Waals surface area contributed by atoms with Gasteiger partial charge in [-0.1, -0.05) is 25.1 Å². The van der Waals surface area contributed by atoms with Gasteiger partial charge in [-0.3, -0.25) is 9.59 Å². The van der Waals surface area contributed by atoms with E-state index in [9.17, 15) is 14.0 Å². The largest absolute Gasteiger partial charge is 0.327 e. The molecule has 2 aromatic rings. The monoisotopic (exact) mass is 340 g/mol. The molecule has 2 aromatic carbocycles. The summed E-state index contributed by atoms with van der Waals surface area (Å²) in [7, 11) is 0. The highest BCUT2D eigenvalue weighted by Crippen LogP contribution is 2.23. The lowest BCUT2D eigenvalue weighted by Gasteiger charge is -2.24. The van der Waals surface area contributed by atoms with E-state index < -0.39 is 6.04 Å². The molecule has 1 fully saturated rings. The highest BCUT2D eigenvalue weighted by molar-refractivity contribution is 6.01. The molecular weight excluding hydrogens is 319 g/mol. The van der Waals surface area contributed by atoms with Gasteiger partial charge in [0.05, 0.1) is 0 Å². The number of likely N-dealkylation sites (tertiary alicyclic amines) is 1. The van der Waals surface area contributed by atoms with Crippen LogP contribution in [0.25, 0.3) is 0 Å². The summed E-state index contributed by atoms with van der Waals surface area (Å²) in [4.78, 5) is 27.0. The second kappa shape index (κ2) is 7.47. The zero-order valence-electron chi connectivity index (χ0n) is 14.2. The zero-order valence-corrected chi connectivity index (χ0v) is 14.2. The second-order valence-corrected chi connectivity index (χ2v) is 6.16. The van der Waals surface area contributed by atoms with Crippen LogP contribution in [0.5, 0.6) is 0 Å². The Kier molecular flexibility index (Phi) is 5.12. The fourth-order valence-electron chi connectivity index (χ4n) is 3.21. The van der Waals surface area contributed by atoms with E-state index in [1.807, 2.05) is 31.2 Å². The maximum atomic E-state index is 13.1. The van der Waals surface area contributed by atoms with Crippen LogP contribution in [0.3, 0.4) is 0 Å². The fraction of sp³-hybridized carbons (Fsp3) is 0.300. The van der Waals surface area contributed by atoms with Gasteiger partial charge in [0.25, 0.3) is 5.91 Å².